The molecule has 2 N–H and O–H groups in total. The smallest absolute Gasteiger partial charge is 0.223 e. The molecule has 0 radical (unpaired) electrons. The average Bonchev–Trinajstić information content (AvgIpc) is 2.76. The molecule has 32 heavy (non-hydrogen) atoms. The molecule has 0 unspecified atom stereocenters. The number of hydrogen-bond acceptors (Lipinski definition) is 6. The number of carbonyl (C=O) groups is 1. The number of benzene rings is 2. The molecule has 2 aromatic carbocycles. The summed E-state index contributed by atoms with van der Waals surface area (Å²) in [6.45, 7) is 8.05. The normalized spacial score (nSPS) is 30.3. The Hall–Kier alpha value is -2.45. The van der Waals surface area contributed by atoms with Crippen molar-refractivity contribution in [3.05, 3.63) is 65.7 Å². The summed E-state index contributed by atoms with van der Waals surface area (Å²) in [5, 5.41) is 13.9. The lowest BCUT2D eigenvalue weighted by Crippen LogP contribution is -2.67. The second-order valence-electron chi connectivity index (χ2n) is 9.33. The zero-order chi connectivity index (χ0) is 22.9. The van der Waals surface area contributed by atoms with E-state index >= 15 is 0 Å². The van der Waals surface area contributed by atoms with Crippen molar-refractivity contribution in [3.8, 4) is 5.75 Å². The number of rotatable bonds is 4. The molecule has 0 saturated carbocycles. The van der Waals surface area contributed by atoms with E-state index in [-0.39, 0.29) is 17.9 Å². The van der Waals surface area contributed by atoms with E-state index < -0.39 is 36.9 Å². The van der Waals surface area contributed by atoms with Gasteiger partial charge in [-0.1, -0.05) is 63.2 Å². The fourth-order valence-electron chi connectivity index (χ4n) is 4.03. The molecular weight excluding hydrogens is 410 g/mol. The van der Waals surface area contributed by atoms with Gasteiger partial charge in [-0.2, -0.15) is 0 Å². The van der Waals surface area contributed by atoms with Crippen LogP contribution in [-0.2, 0) is 24.4 Å². The number of aliphatic hydroxyl groups excluding tert-OH is 1. The van der Waals surface area contributed by atoms with Gasteiger partial charge in [0.25, 0.3) is 0 Å². The summed E-state index contributed by atoms with van der Waals surface area (Å²) in [7, 11) is 0. The summed E-state index contributed by atoms with van der Waals surface area (Å²) < 4.78 is 24.1. The molecule has 2 fully saturated rings. The van der Waals surface area contributed by atoms with Crippen molar-refractivity contribution in [3.63, 3.8) is 0 Å². The minimum atomic E-state index is -1.04. The zero-order valence-corrected chi connectivity index (χ0v) is 18.9. The average molecular weight is 442 g/mol. The first-order valence-corrected chi connectivity index (χ1v) is 10.9. The Kier molecular flexibility index (Phi) is 6.53. The van der Waals surface area contributed by atoms with Crippen molar-refractivity contribution in [1.82, 2.24) is 5.32 Å². The summed E-state index contributed by atoms with van der Waals surface area (Å²) in [5.74, 6) is 0.295. The van der Waals surface area contributed by atoms with Crippen LogP contribution in [-0.4, -0.2) is 48.3 Å². The van der Waals surface area contributed by atoms with Gasteiger partial charge in [0.05, 0.1) is 6.61 Å². The molecule has 4 rings (SSSR count). The van der Waals surface area contributed by atoms with Crippen LogP contribution >= 0.6 is 0 Å². The maximum Gasteiger partial charge on any atom is 0.223 e. The Bertz CT molecular complexity index is 910. The van der Waals surface area contributed by atoms with Crippen LogP contribution in [0.25, 0.3) is 0 Å². The van der Waals surface area contributed by atoms with Crippen molar-refractivity contribution in [1.29, 1.82) is 0 Å². The number of fused-ring (bicyclic) bond motifs is 1. The van der Waals surface area contributed by atoms with Gasteiger partial charge in [-0.15, -0.1) is 0 Å². The largest absolute Gasteiger partial charge is 0.463 e. The molecule has 7 heteroatoms. The van der Waals surface area contributed by atoms with E-state index in [2.05, 4.69) is 26.1 Å². The standard InChI is InChI=1S/C25H31NO6/c1-15(27)26-20-21(28)22-19(14-29-23(32-22)16-8-6-5-7-9-16)31-24(20)30-18-12-10-17(11-13-18)25(2,3)4/h5-13,19-24,28H,14H2,1-4H3,(H,26,27)/t19-,20+,21+,22+,23+,24-/m1/s1. The number of hydrogen-bond donors (Lipinski definition) is 2. The molecular formula is C25H31NO6. The fraction of sp³-hybridized carbons (Fsp3) is 0.480. The first-order chi connectivity index (χ1) is 15.2. The molecule has 1 amide bonds. The third-order valence-corrected chi connectivity index (χ3v) is 5.78. The van der Waals surface area contributed by atoms with Gasteiger partial charge < -0.3 is 29.4 Å². The highest BCUT2D eigenvalue weighted by Gasteiger charge is 2.50. The Morgan fingerprint density at radius 1 is 1.06 bits per heavy atom. The van der Waals surface area contributed by atoms with Crippen LogP contribution in [0.15, 0.2) is 54.6 Å². The van der Waals surface area contributed by atoms with Crippen LogP contribution in [0.2, 0.25) is 0 Å². The van der Waals surface area contributed by atoms with E-state index in [1.54, 1.807) is 0 Å². The number of carbonyl (C=O) groups excluding carboxylic acids is 1. The molecule has 2 heterocycles. The van der Waals surface area contributed by atoms with E-state index in [1.165, 1.54) is 12.5 Å². The third kappa shape index (κ3) is 4.96. The molecule has 0 spiro atoms. The van der Waals surface area contributed by atoms with Crippen LogP contribution in [0.5, 0.6) is 5.75 Å². The second-order valence-corrected chi connectivity index (χ2v) is 9.33. The molecule has 2 aliphatic rings. The summed E-state index contributed by atoms with van der Waals surface area (Å²) in [5.41, 5.74) is 2.05. The maximum absolute atomic E-state index is 11.9. The van der Waals surface area contributed by atoms with Crippen LogP contribution in [0.3, 0.4) is 0 Å². The molecule has 0 aromatic heterocycles. The first-order valence-electron chi connectivity index (χ1n) is 10.9. The van der Waals surface area contributed by atoms with E-state index in [0.29, 0.717) is 5.75 Å². The summed E-state index contributed by atoms with van der Waals surface area (Å²) in [6.07, 6.45) is -3.75. The van der Waals surface area contributed by atoms with Gasteiger partial charge in [0.1, 0.15) is 30.1 Å². The van der Waals surface area contributed by atoms with Crippen LogP contribution in [0, 0.1) is 0 Å². The Labute approximate surface area is 188 Å². The number of amides is 1. The number of nitrogens with one attached hydrogen (secondary N) is 1. The number of aliphatic hydroxyl groups is 1. The summed E-state index contributed by atoms with van der Waals surface area (Å²) >= 11 is 0. The first kappa shape index (κ1) is 22.7. The molecule has 7 nitrogen and oxygen atoms in total. The van der Waals surface area contributed by atoms with Gasteiger partial charge >= 0.3 is 0 Å². The number of ether oxygens (including phenoxy) is 4. The molecule has 2 aromatic rings. The second kappa shape index (κ2) is 9.19. The predicted molar refractivity (Wildman–Crippen MR) is 118 cm³/mol. The minimum absolute atomic E-state index is 0.0219. The fourth-order valence-corrected chi connectivity index (χ4v) is 4.03. The van der Waals surface area contributed by atoms with Crippen LogP contribution in [0.1, 0.15) is 45.1 Å². The molecule has 0 aliphatic carbocycles. The van der Waals surface area contributed by atoms with Crippen molar-refractivity contribution in [2.45, 2.75) is 70.0 Å². The van der Waals surface area contributed by atoms with Gasteiger partial charge in [0.15, 0.2) is 6.29 Å². The Balaban J connectivity index is 1.51. The van der Waals surface area contributed by atoms with Crippen molar-refractivity contribution in [2.75, 3.05) is 6.61 Å². The Morgan fingerprint density at radius 3 is 2.38 bits per heavy atom. The van der Waals surface area contributed by atoms with Gasteiger partial charge in [0.2, 0.25) is 12.2 Å². The maximum atomic E-state index is 11.9. The molecule has 6 atom stereocenters. The minimum Gasteiger partial charge on any atom is -0.463 e. The molecule has 0 bridgehead atoms. The Morgan fingerprint density at radius 2 is 1.75 bits per heavy atom. The van der Waals surface area contributed by atoms with E-state index in [4.69, 9.17) is 18.9 Å². The van der Waals surface area contributed by atoms with Crippen molar-refractivity contribution in [2.24, 2.45) is 0 Å². The SMILES string of the molecule is CC(=O)N[C@@H]1[C@H](Oc2ccc(C(C)(C)C)cc2)O[C@@H]2CO[C@H](c3ccccc3)O[C@@H]2[C@H]1O. The highest BCUT2D eigenvalue weighted by molar-refractivity contribution is 5.73. The van der Waals surface area contributed by atoms with Crippen LogP contribution in [0.4, 0.5) is 0 Å². The van der Waals surface area contributed by atoms with Crippen LogP contribution < -0.4 is 10.1 Å². The van der Waals surface area contributed by atoms with E-state index in [9.17, 15) is 9.90 Å². The predicted octanol–water partition coefficient (Wildman–Crippen LogP) is 3.07. The monoisotopic (exact) mass is 441 g/mol. The molecule has 172 valence electrons. The highest BCUT2D eigenvalue weighted by atomic mass is 16.7. The van der Waals surface area contributed by atoms with Crippen molar-refractivity contribution < 1.29 is 28.8 Å². The lowest BCUT2D eigenvalue weighted by atomic mass is 9.87. The molecule has 2 saturated heterocycles. The lowest BCUT2D eigenvalue weighted by Gasteiger charge is -2.47. The lowest BCUT2D eigenvalue weighted by molar-refractivity contribution is -0.333. The van der Waals surface area contributed by atoms with Gasteiger partial charge in [-0.3, -0.25) is 4.79 Å². The van der Waals surface area contributed by atoms with E-state index in [0.717, 1.165) is 5.56 Å². The molecule has 2 aliphatic heterocycles. The van der Waals surface area contributed by atoms with Gasteiger partial charge in [0, 0.05) is 12.5 Å². The zero-order valence-electron chi connectivity index (χ0n) is 18.9. The van der Waals surface area contributed by atoms with Crippen molar-refractivity contribution >= 4 is 5.91 Å². The topological polar surface area (TPSA) is 86.3 Å². The summed E-state index contributed by atoms with van der Waals surface area (Å²) in [4.78, 5) is 11.9. The van der Waals surface area contributed by atoms with E-state index in [1.807, 2.05) is 54.6 Å². The summed E-state index contributed by atoms with van der Waals surface area (Å²) in [6, 6.07) is 16.5. The van der Waals surface area contributed by atoms with Gasteiger partial charge in [-0.05, 0) is 23.1 Å². The van der Waals surface area contributed by atoms with Gasteiger partial charge in [-0.25, -0.2) is 0 Å². The quantitative estimate of drug-likeness (QED) is 0.759. The third-order valence-electron chi connectivity index (χ3n) is 5.78. The highest BCUT2D eigenvalue weighted by Crippen LogP contribution is 2.35.